The van der Waals surface area contributed by atoms with E-state index in [0.29, 0.717) is 12.1 Å². The maximum atomic E-state index is 12.4. The second-order valence-corrected chi connectivity index (χ2v) is 7.54. The Morgan fingerprint density at radius 2 is 1.67 bits per heavy atom. The highest BCUT2D eigenvalue weighted by Crippen LogP contribution is 2.15. The number of H-pyrrole nitrogens is 1. The van der Waals surface area contributed by atoms with Crippen LogP contribution in [0, 0.1) is 6.92 Å². The Kier molecular flexibility index (Phi) is 5.99. The van der Waals surface area contributed by atoms with Gasteiger partial charge in [-0.3, -0.25) is 14.3 Å². The molecule has 1 fully saturated rings. The summed E-state index contributed by atoms with van der Waals surface area (Å²) in [6, 6.07) is 17.6. The number of hydrogen-bond donors (Lipinski definition) is 2. The summed E-state index contributed by atoms with van der Waals surface area (Å²) in [6.07, 6.45) is 1.67. The average molecular weight is 406 g/mol. The van der Waals surface area contributed by atoms with Crippen molar-refractivity contribution in [3.63, 3.8) is 0 Å². The molecule has 0 spiro atoms. The Labute approximate surface area is 175 Å². The highest BCUT2D eigenvalue weighted by atomic mass is 16.2. The van der Waals surface area contributed by atoms with Crippen molar-refractivity contribution in [3.8, 4) is 5.69 Å². The number of rotatable bonds is 6. The topological polar surface area (TPSA) is 73.4 Å². The van der Waals surface area contributed by atoms with Gasteiger partial charge in [0.05, 0.1) is 5.69 Å². The second-order valence-electron chi connectivity index (χ2n) is 7.54. The van der Waals surface area contributed by atoms with E-state index in [1.54, 1.807) is 35.0 Å². The third-order valence-electron chi connectivity index (χ3n) is 5.56. The minimum atomic E-state index is -0.183. The minimum absolute atomic E-state index is 0.0948. The zero-order chi connectivity index (χ0) is 20.9. The van der Waals surface area contributed by atoms with Crippen LogP contribution in [0.25, 0.3) is 5.69 Å². The molecular weight excluding hydrogens is 378 g/mol. The van der Waals surface area contributed by atoms with E-state index in [9.17, 15) is 9.59 Å². The molecule has 0 atom stereocenters. The van der Waals surface area contributed by atoms with E-state index in [1.165, 1.54) is 5.69 Å². The lowest BCUT2D eigenvalue weighted by Crippen LogP contribution is -2.48. The van der Waals surface area contributed by atoms with Crippen molar-refractivity contribution in [3.05, 3.63) is 82.5 Å². The highest BCUT2D eigenvalue weighted by Gasteiger charge is 2.17. The number of hydrogen-bond acceptors (Lipinski definition) is 4. The third kappa shape index (κ3) is 4.46. The summed E-state index contributed by atoms with van der Waals surface area (Å²) in [7, 11) is 0. The molecule has 2 N–H and O–H groups in total. The number of imidazole rings is 1. The van der Waals surface area contributed by atoms with Gasteiger partial charge in [0.15, 0.2) is 0 Å². The van der Waals surface area contributed by atoms with E-state index in [2.05, 4.69) is 44.4 Å². The van der Waals surface area contributed by atoms with Gasteiger partial charge < -0.3 is 15.2 Å². The van der Waals surface area contributed by atoms with Gasteiger partial charge in [0, 0.05) is 62.4 Å². The lowest BCUT2D eigenvalue weighted by molar-refractivity contribution is 0.0948. The number of amides is 1. The molecular formula is C23H27N5O2. The van der Waals surface area contributed by atoms with E-state index < -0.39 is 0 Å². The number of carbonyl (C=O) groups is 1. The minimum Gasteiger partial charge on any atom is -0.369 e. The first-order valence-electron chi connectivity index (χ1n) is 10.3. The van der Waals surface area contributed by atoms with Gasteiger partial charge in [-0.2, -0.15) is 0 Å². The molecule has 1 amide bonds. The van der Waals surface area contributed by atoms with Crippen LogP contribution < -0.4 is 15.9 Å². The van der Waals surface area contributed by atoms with E-state index in [1.807, 2.05) is 13.0 Å². The summed E-state index contributed by atoms with van der Waals surface area (Å²) >= 11 is 0. The van der Waals surface area contributed by atoms with Crippen molar-refractivity contribution in [2.24, 2.45) is 0 Å². The fraction of sp³-hybridized carbons (Fsp3) is 0.304. The van der Waals surface area contributed by atoms with Gasteiger partial charge in [0.1, 0.15) is 0 Å². The molecule has 2 aromatic carbocycles. The molecule has 0 unspecified atom stereocenters. The summed E-state index contributed by atoms with van der Waals surface area (Å²) < 4.78 is 1.58. The van der Waals surface area contributed by atoms with Gasteiger partial charge in [-0.25, -0.2) is 4.79 Å². The number of piperazine rings is 1. The number of anilines is 1. The first-order chi connectivity index (χ1) is 14.6. The number of nitrogens with zero attached hydrogens (tertiary/aromatic N) is 3. The number of aromatic nitrogens is 2. The lowest BCUT2D eigenvalue weighted by atomic mass is 10.2. The van der Waals surface area contributed by atoms with Crippen molar-refractivity contribution >= 4 is 11.6 Å². The average Bonchev–Trinajstić information content (AvgIpc) is 3.13. The van der Waals surface area contributed by atoms with E-state index in [-0.39, 0.29) is 11.6 Å². The standard InChI is InChI=1S/C23H27N5O2/c1-18-17-25-23(30)28(18)21-9-7-19(8-10-21)22(29)24-11-12-26-13-15-27(16-14-26)20-5-3-2-4-6-20/h2-10,17H,11-16H2,1H3,(H,24,29)(H,25,30). The number of nitrogens with one attached hydrogen (secondary N) is 2. The van der Waals surface area contributed by atoms with Crippen LogP contribution in [0.3, 0.4) is 0 Å². The largest absolute Gasteiger partial charge is 0.369 e. The van der Waals surface area contributed by atoms with Crippen molar-refractivity contribution in [1.82, 2.24) is 19.8 Å². The summed E-state index contributed by atoms with van der Waals surface area (Å²) in [5.74, 6) is -0.0948. The van der Waals surface area contributed by atoms with Crippen molar-refractivity contribution in [2.75, 3.05) is 44.2 Å². The van der Waals surface area contributed by atoms with Crippen LogP contribution in [0.1, 0.15) is 16.1 Å². The fourth-order valence-electron chi connectivity index (χ4n) is 3.84. The normalized spacial score (nSPS) is 14.6. The summed E-state index contributed by atoms with van der Waals surface area (Å²) in [5.41, 5.74) is 3.24. The second kappa shape index (κ2) is 9.00. The van der Waals surface area contributed by atoms with Gasteiger partial charge in [0.2, 0.25) is 0 Å². The van der Waals surface area contributed by atoms with E-state index >= 15 is 0 Å². The molecule has 0 radical (unpaired) electrons. The molecule has 30 heavy (non-hydrogen) atoms. The van der Waals surface area contributed by atoms with Gasteiger partial charge in [-0.1, -0.05) is 18.2 Å². The monoisotopic (exact) mass is 405 g/mol. The zero-order valence-corrected chi connectivity index (χ0v) is 17.2. The molecule has 0 saturated carbocycles. The Balaban J connectivity index is 1.24. The predicted molar refractivity (Wildman–Crippen MR) is 119 cm³/mol. The van der Waals surface area contributed by atoms with Crippen LogP contribution in [0.15, 0.2) is 65.6 Å². The Bertz CT molecular complexity index is 1030. The molecule has 0 aliphatic carbocycles. The maximum absolute atomic E-state index is 12.4. The lowest BCUT2D eigenvalue weighted by Gasteiger charge is -2.36. The van der Waals surface area contributed by atoms with Crippen LogP contribution in [-0.2, 0) is 0 Å². The Morgan fingerprint density at radius 3 is 2.30 bits per heavy atom. The van der Waals surface area contributed by atoms with Crippen LogP contribution in [0.5, 0.6) is 0 Å². The number of aryl methyl sites for hydroxylation is 1. The molecule has 1 aromatic heterocycles. The summed E-state index contributed by atoms with van der Waals surface area (Å²) in [6.45, 7) is 7.29. The molecule has 156 valence electrons. The Morgan fingerprint density at radius 1 is 0.967 bits per heavy atom. The predicted octanol–water partition coefficient (Wildman–Crippen LogP) is 2.03. The van der Waals surface area contributed by atoms with Crippen LogP contribution in [0.4, 0.5) is 5.69 Å². The Hall–Kier alpha value is -3.32. The van der Waals surface area contributed by atoms with E-state index in [4.69, 9.17) is 0 Å². The number of carbonyl (C=O) groups excluding carboxylic acids is 1. The van der Waals surface area contributed by atoms with Gasteiger partial charge in [0.25, 0.3) is 5.91 Å². The van der Waals surface area contributed by atoms with Gasteiger partial charge in [-0.15, -0.1) is 0 Å². The molecule has 1 aliphatic rings. The summed E-state index contributed by atoms with van der Waals surface area (Å²) in [5, 5.41) is 3.00. The first-order valence-corrected chi connectivity index (χ1v) is 10.3. The molecule has 2 heterocycles. The third-order valence-corrected chi connectivity index (χ3v) is 5.56. The zero-order valence-electron chi connectivity index (χ0n) is 17.2. The molecule has 7 heteroatoms. The fourth-order valence-corrected chi connectivity index (χ4v) is 3.84. The van der Waals surface area contributed by atoms with Crippen molar-refractivity contribution < 1.29 is 4.79 Å². The molecule has 7 nitrogen and oxygen atoms in total. The molecule has 3 aromatic rings. The highest BCUT2D eigenvalue weighted by molar-refractivity contribution is 5.94. The van der Waals surface area contributed by atoms with Crippen molar-refractivity contribution in [1.29, 1.82) is 0 Å². The summed E-state index contributed by atoms with van der Waals surface area (Å²) in [4.78, 5) is 31.8. The van der Waals surface area contributed by atoms with Gasteiger partial charge >= 0.3 is 5.69 Å². The van der Waals surface area contributed by atoms with Gasteiger partial charge in [-0.05, 0) is 43.3 Å². The number of para-hydroxylation sites is 1. The molecule has 1 aliphatic heterocycles. The van der Waals surface area contributed by atoms with Crippen LogP contribution in [-0.4, -0.2) is 59.6 Å². The van der Waals surface area contributed by atoms with Crippen LogP contribution in [0.2, 0.25) is 0 Å². The van der Waals surface area contributed by atoms with Crippen LogP contribution >= 0.6 is 0 Å². The van der Waals surface area contributed by atoms with Crippen molar-refractivity contribution in [2.45, 2.75) is 6.92 Å². The maximum Gasteiger partial charge on any atom is 0.330 e. The SMILES string of the molecule is Cc1c[nH]c(=O)n1-c1ccc(C(=O)NCCN2CCN(c3ccccc3)CC2)cc1. The quantitative estimate of drug-likeness (QED) is 0.658. The molecule has 1 saturated heterocycles. The first kappa shape index (κ1) is 20.0. The number of aromatic amines is 1. The molecule has 0 bridgehead atoms. The van der Waals surface area contributed by atoms with E-state index in [0.717, 1.165) is 44.1 Å². The smallest absolute Gasteiger partial charge is 0.330 e. The number of benzene rings is 2. The molecule has 4 rings (SSSR count).